The van der Waals surface area contributed by atoms with E-state index in [2.05, 4.69) is 5.32 Å². The number of hydrogen-bond acceptors (Lipinski definition) is 2. The Hall–Kier alpha value is -0.640. The number of benzene rings is 1. The lowest BCUT2D eigenvalue weighted by molar-refractivity contribution is 0.264. The maximum Gasteiger partial charge on any atom is 0.124 e. The molecule has 0 heterocycles. The predicted octanol–water partition coefficient (Wildman–Crippen LogP) is 2.90. The molecule has 2 atom stereocenters. The molecule has 0 fully saturated rings. The van der Waals surface area contributed by atoms with Crippen LogP contribution in [-0.2, 0) is 0 Å². The quantitative estimate of drug-likeness (QED) is 0.836. The molecular formula is C12H17ClFNO. The molecule has 2 N–H and O–H groups in total. The normalized spacial score (nSPS) is 14.8. The highest BCUT2D eigenvalue weighted by atomic mass is 35.5. The molecule has 0 radical (unpaired) electrons. The van der Waals surface area contributed by atoms with Crippen molar-refractivity contribution in [2.45, 2.75) is 32.4 Å². The molecule has 2 nitrogen and oxygen atoms in total. The average Bonchev–Trinajstić information content (AvgIpc) is 2.17. The smallest absolute Gasteiger partial charge is 0.124 e. The third-order valence-electron chi connectivity index (χ3n) is 2.53. The minimum atomic E-state index is -0.329. The van der Waals surface area contributed by atoms with E-state index in [-0.39, 0.29) is 24.5 Å². The maximum atomic E-state index is 12.9. The second kappa shape index (κ2) is 6.18. The first-order valence-electron chi connectivity index (χ1n) is 5.36. The third kappa shape index (κ3) is 3.74. The van der Waals surface area contributed by atoms with Crippen LogP contribution in [0.3, 0.4) is 0 Å². The maximum absolute atomic E-state index is 12.9. The molecule has 0 saturated heterocycles. The summed E-state index contributed by atoms with van der Waals surface area (Å²) in [7, 11) is 0. The number of halogens is 2. The van der Waals surface area contributed by atoms with Gasteiger partial charge in [0.1, 0.15) is 5.82 Å². The van der Waals surface area contributed by atoms with Gasteiger partial charge in [-0.25, -0.2) is 4.39 Å². The Labute approximate surface area is 100 Å². The molecule has 0 aliphatic carbocycles. The largest absolute Gasteiger partial charge is 0.396 e. The van der Waals surface area contributed by atoms with Crippen molar-refractivity contribution >= 4 is 11.6 Å². The first-order valence-corrected chi connectivity index (χ1v) is 5.74. The van der Waals surface area contributed by atoms with E-state index in [1.54, 1.807) is 6.07 Å². The summed E-state index contributed by atoms with van der Waals surface area (Å²) in [4.78, 5) is 0. The predicted molar refractivity (Wildman–Crippen MR) is 64.1 cm³/mol. The molecule has 1 rings (SSSR count). The number of nitrogens with one attached hydrogen (secondary N) is 1. The monoisotopic (exact) mass is 245 g/mol. The van der Waals surface area contributed by atoms with Crippen molar-refractivity contribution in [2.24, 2.45) is 0 Å². The van der Waals surface area contributed by atoms with Crippen molar-refractivity contribution in [1.82, 2.24) is 5.32 Å². The minimum Gasteiger partial charge on any atom is -0.396 e. The van der Waals surface area contributed by atoms with Crippen LogP contribution >= 0.6 is 11.6 Å². The molecule has 0 aliphatic rings. The zero-order valence-electron chi connectivity index (χ0n) is 9.50. The summed E-state index contributed by atoms with van der Waals surface area (Å²) in [5.41, 5.74) is 0.868. The van der Waals surface area contributed by atoms with Crippen LogP contribution in [0.25, 0.3) is 0 Å². The summed E-state index contributed by atoms with van der Waals surface area (Å²) in [6, 6.07) is 4.62. The zero-order valence-corrected chi connectivity index (χ0v) is 10.3. The van der Waals surface area contributed by atoms with Crippen LogP contribution in [-0.4, -0.2) is 17.8 Å². The van der Waals surface area contributed by atoms with Crippen LogP contribution in [0.4, 0.5) is 4.39 Å². The average molecular weight is 246 g/mol. The zero-order chi connectivity index (χ0) is 12.1. The molecule has 0 amide bonds. The van der Waals surface area contributed by atoms with E-state index >= 15 is 0 Å². The van der Waals surface area contributed by atoms with Gasteiger partial charge < -0.3 is 10.4 Å². The highest BCUT2D eigenvalue weighted by Gasteiger charge is 2.12. The van der Waals surface area contributed by atoms with E-state index < -0.39 is 0 Å². The molecule has 0 bridgehead atoms. The van der Waals surface area contributed by atoms with Crippen LogP contribution < -0.4 is 5.32 Å². The van der Waals surface area contributed by atoms with Crippen LogP contribution in [0.5, 0.6) is 0 Å². The van der Waals surface area contributed by atoms with Gasteiger partial charge in [0.15, 0.2) is 0 Å². The number of aliphatic hydroxyl groups excluding tert-OH is 1. The van der Waals surface area contributed by atoms with Crippen molar-refractivity contribution < 1.29 is 9.50 Å². The van der Waals surface area contributed by atoms with E-state index in [0.29, 0.717) is 11.4 Å². The summed E-state index contributed by atoms with van der Waals surface area (Å²) >= 11 is 5.96. The topological polar surface area (TPSA) is 32.3 Å². The lowest BCUT2D eigenvalue weighted by atomic mass is 10.1. The summed E-state index contributed by atoms with van der Waals surface area (Å²) in [6.45, 7) is 4.11. The summed E-state index contributed by atoms with van der Waals surface area (Å²) < 4.78 is 12.9. The van der Waals surface area contributed by atoms with Crippen molar-refractivity contribution in [3.8, 4) is 0 Å². The molecule has 16 heavy (non-hydrogen) atoms. The molecule has 0 spiro atoms. The Bertz CT molecular complexity index is 346. The van der Waals surface area contributed by atoms with E-state index in [0.717, 1.165) is 5.56 Å². The first-order chi connectivity index (χ1) is 7.54. The standard InChI is InChI=1S/C12H17ClFNO/c1-8(5-6-16)15-9(2)11-4-3-10(14)7-12(11)13/h3-4,7-9,15-16H,5-6H2,1-2H3/t8-,9?/m1/s1. The van der Waals surface area contributed by atoms with E-state index in [1.165, 1.54) is 12.1 Å². The SMILES string of the molecule is CC(N[C@H](C)CCO)c1ccc(F)cc1Cl. The highest BCUT2D eigenvalue weighted by Crippen LogP contribution is 2.24. The van der Waals surface area contributed by atoms with E-state index in [1.807, 2.05) is 13.8 Å². The summed E-state index contributed by atoms with van der Waals surface area (Å²) in [5.74, 6) is -0.329. The molecule has 0 aromatic heterocycles. The molecule has 1 unspecified atom stereocenters. The van der Waals surface area contributed by atoms with Gasteiger partial charge in [0.2, 0.25) is 0 Å². The van der Waals surface area contributed by atoms with Gasteiger partial charge in [-0.1, -0.05) is 17.7 Å². The molecular weight excluding hydrogens is 229 g/mol. The minimum absolute atomic E-state index is 0.0367. The van der Waals surface area contributed by atoms with Gasteiger partial charge in [0, 0.05) is 23.7 Å². The summed E-state index contributed by atoms with van der Waals surface area (Å²) in [5, 5.41) is 12.5. The molecule has 90 valence electrons. The van der Waals surface area contributed by atoms with E-state index in [4.69, 9.17) is 16.7 Å². The lowest BCUT2D eigenvalue weighted by Gasteiger charge is -2.20. The Morgan fingerprint density at radius 1 is 1.44 bits per heavy atom. The second-order valence-corrected chi connectivity index (χ2v) is 4.37. The van der Waals surface area contributed by atoms with Crippen LogP contribution in [0.2, 0.25) is 5.02 Å². The van der Waals surface area contributed by atoms with Gasteiger partial charge in [-0.15, -0.1) is 0 Å². The van der Waals surface area contributed by atoms with Gasteiger partial charge in [-0.05, 0) is 38.0 Å². The fourth-order valence-electron chi connectivity index (χ4n) is 1.65. The molecule has 0 aliphatic heterocycles. The van der Waals surface area contributed by atoms with Crippen LogP contribution in [0.1, 0.15) is 31.9 Å². The highest BCUT2D eigenvalue weighted by molar-refractivity contribution is 6.31. The fraction of sp³-hybridized carbons (Fsp3) is 0.500. The molecule has 4 heteroatoms. The van der Waals surface area contributed by atoms with Gasteiger partial charge in [-0.2, -0.15) is 0 Å². The van der Waals surface area contributed by atoms with Crippen molar-refractivity contribution in [2.75, 3.05) is 6.61 Å². The van der Waals surface area contributed by atoms with Crippen LogP contribution in [0.15, 0.2) is 18.2 Å². The van der Waals surface area contributed by atoms with Crippen molar-refractivity contribution in [1.29, 1.82) is 0 Å². The fourth-order valence-corrected chi connectivity index (χ4v) is 1.98. The number of aliphatic hydroxyl groups is 1. The molecule has 1 aromatic carbocycles. The summed E-state index contributed by atoms with van der Waals surface area (Å²) in [6.07, 6.45) is 0.684. The Kier molecular flexibility index (Phi) is 5.19. The number of hydrogen-bond donors (Lipinski definition) is 2. The van der Waals surface area contributed by atoms with Crippen molar-refractivity contribution in [3.63, 3.8) is 0 Å². The van der Waals surface area contributed by atoms with Gasteiger partial charge >= 0.3 is 0 Å². The Balaban J connectivity index is 2.69. The van der Waals surface area contributed by atoms with Crippen molar-refractivity contribution in [3.05, 3.63) is 34.6 Å². The van der Waals surface area contributed by atoms with Gasteiger partial charge in [0.25, 0.3) is 0 Å². The van der Waals surface area contributed by atoms with Crippen LogP contribution in [0, 0.1) is 5.82 Å². The second-order valence-electron chi connectivity index (χ2n) is 3.97. The van der Waals surface area contributed by atoms with Gasteiger partial charge in [-0.3, -0.25) is 0 Å². The molecule has 0 saturated carbocycles. The first kappa shape index (κ1) is 13.4. The van der Waals surface area contributed by atoms with Gasteiger partial charge in [0.05, 0.1) is 0 Å². The lowest BCUT2D eigenvalue weighted by Crippen LogP contribution is -2.29. The Morgan fingerprint density at radius 2 is 2.12 bits per heavy atom. The molecule has 1 aromatic rings. The third-order valence-corrected chi connectivity index (χ3v) is 2.85. The van der Waals surface area contributed by atoms with E-state index in [9.17, 15) is 4.39 Å². The number of rotatable bonds is 5. The Morgan fingerprint density at radius 3 is 2.69 bits per heavy atom.